The van der Waals surface area contributed by atoms with Crippen LogP contribution in [-0.4, -0.2) is 17.1 Å². The largest absolute Gasteiger partial charge is 0.497 e. The Morgan fingerprint density at radius 1 is 1.06 bits per heavy atom. The molecule has 0 amide bonds. The Bertz CT molecular complexity index is 474. The molecule has 1 aromatic carbocycles. The zero-order valence-electron chi connectivity index (χ0n) is 8.55. The quantitative estimate of drug-likeness (QED) is 0.769. The van der Waals surface area contributed by atoms with Crippen molar-refractivity contribution in [3.05, 3.63) is 41.9 Å². The molecule has 0 radical (unpaired) electrons. The molecule has 0 unspecified atom stereocenters. The van der Waals surface area contributed by atoms with E-state index in [1.54, 1.807) is 13.2 Å². The first kappa shape index (κ1) is 10.7. The third kappa shape index (κ3) is 2.61. The molecule has 0 aliphatic heterocycles. The minimum Gasteiger partial charge on any atom is -0.497 e. The van der Waals surface area contributed by atoms with Crippen LogP contribution in [0.15, 0.2) is 36.7 Å². The van der Waals surface area contributed by atoms with Gasteiger partial charge in [-0.25, -0.2) is 9.97 Å². The summed E-state index contributed by atoms with van der Waals surface area (Å²) in [7, 11) is 1.60. The first-order chi connectivity index (χ1) is 7.78. The molecule has 1 aromatic heterocycles. The van der Waals surface area contributed by atoms with Crippen molar-refractivity contribution in [3.8, 4) is 17.2 Å². The lowest BCUT2D eigenvalue weighted by Gasteiger charge is -2.06. The van der Waals surface area contributed by atoms with E-state index >= 15 is 0 Å². The van der Waals surface area contributed by atoms with Crippen LogP contribution in [0.3, 0.4) is 0 Å². The van der Waals surface area contributed by atoms with Crippen LogP contribution in [0.2, 0.25) is 5.28 Å². The summed E-state index contributed by atoms with van der Waals surface area (Å²) in [6.45, 7) is 0. The molecular weight excluding hydrogens is 228 g/mol. The van der Waals surface area contributed by atoms with Gasteiger partial charge in [-0.2, -0.15) is 0 Å². The number of ether oxygens (including phenoxy) is 2. The highest BCUT2D eigenvalue weighted by Crippen LogP contribution is 2.24. The van der Waals surface area contributed by atoms with E-state index in [0.29, 0.717) is 11.5 Å². The Balaban J connectivity index is 2.16. The first-order valence-corrected chi connectivity index (χ1v) is 4.95. The van der Waals surface area contributed by atoms with Crippen LogP contribution in [0.25, 0.3) is 0 Å². The average Bonchev–Trinajstić information content (AvgIpc) is 2.32. The number of nitrogens with zero attached hydrogens (tertiary/aromatic N) is 2. The normalized spacial score (nSPS) is 9.88. The monoisotopic (exact) mass is 236 g/mol. The van der Waals surface area contributed by atoms with Gasteiger partial charge < -0.3 is 9.47 Å². The lowest BCUT2D eigenvalue weighted by molar-refractivity contribution is 0.408. The SMILES string of the molecule is COc1cccc(Oc2cnc(Cl)nc2)c1. The van der Waals surface area contributed by atoms with Crippen molar-refractivity contribution >= 4 is 11.6 Å². The smallest absolute Gasteiger partial charge is 0.222 e. The maximum Gasteiger partial charge on any atom is 0.222 e. The molecule has 0 fully saturated rings. The van der Waals surface area contributed by atoms with E-state index in [1.807, 2.05) is 18.2 Å². The molecule has 0 atom stereocenters. The lowest BCUT2D eigenvalue weighted by Crippen LogP contribution is -1.88. The Morgan fingerprint density at radius 3 is 2.44 bits per heavy atom. The number of hydrogen-bond acceptors (Lipinski definition) is 4. The molecule has 0 saturated heterocycles. The Hall–Kier alpha value is -1.81. The number of benzene rings is 1. The molecule has 0 N–H and O–H groups in total. The van der Waals surface area contributed by atoms with Gasteiger partial charge in [0.15, 0.2) is 5.75 Å². The van der Waals surface area contributed by atoms with Crippen LogP contribution in [0, 0.1) is 0 Å². The zero-order valence-corrected chi connectivity index (χ0v) is 9.31. The van der Waals surface area contributed by atoms with Crippen molar-refractivity contribution in [1.82, 2.24) is 9.97 Å². The second-order valence-electron chi connectivity index (χ2n) is 2.97. The van der Waals surface area contributed by atoms with Gasteiger partial charge in [-0.1, -0.05) is 6.07 Å². The van der Waals surface area contributed by atoms with Crippen LogP contribution in [-0.2, 0) is 0 Å². The van der Waals surface area contributed by atoms with Gasteiger partial charge in [-0.15, -0.1) is 0 Å². The molecule has 82 valence electrons. The van der Waals surface area contributed by atoms with E-state index in [4.69, 9.17) is 21.1 Å². The first-order valence-electron chi connectivity index (χ1n) is 4.57. The lowest BCUT2D eigenvalue weighted by atomic mass is 10.3. The van der Waals surface area contributed by atoms with Crippen molar-refractivity contribution in [2.24, 2.45) is 0 Å². The highest BCUT2D eigenvalue weighted by Gasteiger charge is 2.00. The van der Waals surface area contributed by atoms with Gasteiger partial charge in [-0.3, -0.25) is 0 Å². The van der Waals surface area contributed by atoms with Crippen LogP contribution in [0.1, 0.15) is 0 Å². The molecular formula is C11H9ClN2O2. The van der Waals surface area contributed by atoms with Crippen molar-refractivity contribution in [2.75, 3.05) is 7.11 Å². The summed E-state index contributed by atoms with van der Waals surface area (Å²) in [4.78, 5) is 7.63. The van der Waals surface area contributed by atoms with Gasteiger partial charge in [0.2, 0.25) is 5.28 Å². The van der Waals surface area contributed by atoms with Crippen molar-refractivity contribution < 1.29 is 9.47 Å². The summed E-state index contributed by atoms with van der Waals surface area (Å²) in [6, 6.07) is 7.27. The van der Waals surface area contributed by atoms with Crippen LogP contribution in [0.5, 0.6) is 17.2 Å². The molecule has 16 heavy (non-hydrogen) atoms. The molecule has 0 aliphatic rings. The molecule has 4 nitrogen and oxygen atoms in total. The summed E-state index contributed by atoms with van der Waals surface area (Å²) in [6.07, 6.45) is 3.02. The summed E-state index contributed by atoms with van der Waals surface area (Å²) in [5.74, 6) is 1.91. The molecule has 5 heteroatoms. The van der Waals surface area contributed by atoms with Crippen LogP contribution < -0.4 is 9.47 Å². The van der Waals surface area contributed by atoms with Crippen molar-refractivity contribution in [1.29, 1.82) is 0 Å². The van der Waals surface area contributed by atoms with Gasteiger partial charge in [-0.05, 0) is 23.7 Å². The summed E-state index contributed by atoms with van der Waals surface area (Å²) >= 11 is 5.56. The highest BCUT2D eigenvalue weighted by molar-refractivity contribution is 6.28. The molecule has 0 aliphatic carbocycles. The highest BCUT2D eigenvalue weighted by atomic mass is 35.5. The molecule has 1 heterocycles. The van der Waals surface area contributed by atoms with E-state index in [9.17, 15) is 0 Å². The topological polar surface area (TPSA) is 44.2 Å². The molecule has 2 aromatic rings. The fraction of sp³-hybridized carbons (Fsp3) is 0.0909. The van der Waals surface area contributed by atoms with E-state index in [2.05, 4.69) is 9.97 Å². The minimum atomic E-state index is 0.193. The van der Waals surface area contributed by atoms with Crippen LogP contribution >= 0.6 is 11.6 Å². The van der Waals surface area contributed by atoms with E-state index in [-0.39, 0.29) is 5.28 Å². The number of aromatic nitrogens is 2. The van der Waals surface area contributed by atoms with E-state index < -0.39 is 0 Å². The third-order valence-corrected chi connectivity index (χ3v) is 2.07. The Kier molecular flexibility index (Phi) is 3.22. The maximum absolute atomic E-state index is 5.56. The van der Waals surface area contributed by atoms with Gasteiger partial charge in [0.05, 0.1) is 19.5 Å². The number of hydrogen-bond donors (Lipinski definition) is 0. The zero-order chi connectivity index (χ0) is 11.4. The molecule has 0 spiro atoms. The second kappa shape index (κ2) is 4.81. The summed E-state index contributed by atoms with van der Waals surface area (Å²) in [5.41, 5.74) is 0. The summed E-state index contributed by atoms with van der Waals surface area (Å²) < 4.78 is 10.6. The van der Waals surface area contributed by atoms with E-state index in [1.165, 1.54) is 12.4 Å². The predicted molar refractivity (Wildman–Crippen MR) is 60.1 cm³/mol. The second-order valence-corrected chi connectivity index (χ2v) is 3.31. The molecule has 0 bridgehead atoms. The van der Waals surface area contributed by atoms with Gasteiger partial charge in [0.1, 0.15) is 11.5 Å². The minimum absolute atomic E-state index is 0.193. The maximum atomic E-state index is 5.56. The molecule has 2 rings (SSSR count). The number of methoxy groups -OCH3 is 1. The fourth-order valence-corrected chi connectivity index (χ4v) is 1.25. The standard InChI is InChI=1S/C11H9ClN2O2/c1-15-8-3-2-4-9(5-8)16-10-6-13-11(12)14-7-10/h2-7H,1H3. The fourth-order valence-electron chi connectivity index (χ4n) is 1.15. The number of halogens is 1. The average molecular weight is 237 g/mol. The number of rotatable bonds is 3. The third-order valence-electron chi connectivity index (χ3n) is 1.87. The van der Waals surface area contributed by atoms with Gasteiger partial charge >= 0.3 is 0 Å². The summed E-state index contributed by atoms with van der Waals surface area (Å²) in [5, 5.41) is 0.193. The van der Waals surface area contributed by atoms with Gasteiger partial charge in [0.25, 0.3) is 0 Å². The Labute approximate surface area is 97.8 Å². The predicted octanol–water partition coefficient (Wildman–Crippen LogP) is 2.93. The van der Waals surface area contributed by atoms with Crippen molar-refractivity contribution in [2.45, 2.75) is 0 Å². The van der Waals surface area contributed by atoms with Gasteiger partial charge in [0, 0.05) is 6.07 Å². The van der Waals surface area contributed by atoms with Crippen molar-refractivity contribution in [3.63, 3.8) is 0 Å². The van der Waals surface area contributed by atoms with E-state index in [0.717, 1.165) is 5.75 Å². The Morgan fingerprint density at radius 2 is 1.75 bits per heavy atom. The van der Waals surface area contributed by atoms with Crippen LogP contribution in [0.4, 0.5) is 0 Å². The molecule has 0 saturated carbocycles.